The van der Waals surface area contributed by atoms with E-state index in [0.717, 1.165) is 24.3 Å². The Morgan fingerprint density at radius 2 is 1.57 bits per heavy atom. The molecule has 0 heterocycles. The lowest BCUT2D eigenvalue weighted by Gasteiger charge is -2.05. The Kier molecular flexibility index (Phi) is 4.17. The fraction of sp³-hybridized carbons (Fsp3) is 0.125. The number of carboxylic acids is 1. The van der Waals surface area contributed by atoms with Crippen LogP contribution in [0.15, 0.2) is 24.3 Å². The largest absolute Gasteiger partial charge is 0.478 e. The first-order valence-corrected chi connectivity index (χ1v) is 3.32. The summed E-state index contributed by atoms with van der Waals surface area (Å²) in [4.78, 5) is 10.3. The van der Waals surface area contributed by atoms with Crippen molar-refractivity contribution in [1.82, 2.24) is 0 Å². The molecule has 1 aromatic rings. The summed E-state index contributed by atoms with van der Waals surface area (Å²) in [6, 6.07) is 3.32. The van der Waals surface area contributed by atoms with E-state index in [4.69, 9.17) is 5.11 Å². The monoisotopic (exact) mass is 220 g/mol. The van der Waals surface area contributed by atoms with Gasteiger partial charge in [0, 0.05) is 0 Å². The summed E-state index contributed by atoms with van der Waals surface area (Å²) in [6.45, 7) is 0. The third-order valence-corrected chi connectivity index (χ3v) is 1.46. The molecule has 1 aromatic carbocycles. The van der Waals surface area contributed by atoms with Gasteiger partial charge in [0.05, 0.1) is 11.1 Å². The van der Waals surface area contributed by atoms with Crippen LogP contribution in [0.25, 0.3) is 0 Å². The van der Waals surface area contributed by atoms with Crippen LogP contribution in [-0.2, 0) is 6.18 Å². The molecule has 0 spiro atoms. The zero-order chi connectivity index (χ0) is 10.1. The Balaban J connectivity index is 0.00000169. The number of hydrogen-bond acceptors (Lipinski definition) is 1. The van der Waals surface area contributed by atoms with Gasteiger partial charge in [-0.15, -0.1) is 0 Å². The molecule has 2 nitrogen and oxygen atoms in total. The van der Waals surface area contributed by atoms with Crippen molar-refractivity contribution in [3.05, 3.63) is 35.4 Å². The van der Waals surface area contributed by atoms with Gasteiger partial charge in [0.25, 0.3) is 0 Å². The number of hydrogen-bond donors (Lipinski definition) is 1. The summed E-state index contributed by atoms with van der Waals surface area (Å²) < 4.78 is 35.9. The number of halogens is 3. The van der Waals surface area contributed by atoms with Crippen LogP contribution in [0.2, 0.25) is 0 Å². The van der Waals surface area contributed by atoms with Crippen LogP contribution < -0.4 is 0 Å². The van der Waals surface area contributed by atoms with Crippen LogP contribution >= 0.6 is 0 Å². The first-order valence-electron chi connectivity index (χ1n) is 3.32. The molecule has 0 aliphatic rings. The SMILES string of the molecule is O=C(O)c1ccc(C(F)(F)F)cc1.[AlH3]. The molecule has 0 aliphatic carbocycles. The van der Waals surface area contributed by atoms with Crippen molar-refractivity contribution in [3.8, 4) is 0 Å². The molecule has 0 bridgehead atoms. The highest BCUT2D eigenvalue weighted by molar-refractivity contribution is 5.87. The molecule has 76 valence electrons. The number of aromatic carboxylic acids is 1. The molecule has 0 amide bonds. The summed E-state index contributed by atoms with van der Waals surface area (Å²) in [5, 5.41) is 8.40. The molecule has 6 heteroatoms. The molecule has 0 saturated heterocycles. The maximum Gasteiger partial charge on any atom is 0.416 e. The fourth-order valence-corrected chi connectivity index (χ4v) is 0.802. The molecule has 0 unspecified atom stereocenters. The zero-order valence-corrected chi connectivity index (χ0v) is 6.30. The predicted octanol–water partition coefficient (Wildman–Crippen LogP) is 1.22. The van der Waals surface area contributed by atoms with Gasteiger partial charge in [-0.3, -0.25) is 0 Å². The lowest BCUT2D eigenvalue weighted by atomic mass is 10.1. The van der Waals surface area contributed by atoms with E-state index in [1.807, 2.05) is 0 Å². The minimum absolute atomic E-state index is 0. The Labute approximate surface area is 88.5 Å². The van der Waals surface area contributed by atoms with E-state index in [2.05, 4.69) is 0 Å². The van der Waals surface area contributed by atoms with E-state index < -0.39 is 17.7 Å². The molecular weight excluding hydrogens is 212 g/mol. The highest BCUT2D eigenvalue weighted by Gasteiger charge is 2.30. The van der Waals surface area contributed by atoms with Crippen molar-refractivity contribution in [2.45, 2.75) is 6.18 Å². The third-order valence-electron chi connectivity index (χ3n) is 1.46. The fourth-order valence-electron chi connectivity index (χ4n) is 0.802. The average molecular weight is 220 g/mol. The second-order valence-electron chi connectivity index (χ2n) is 2.38. The van der Waals surface area contributed by atoms with Crippen LogP contribution in [0.5, 0.6) is 0 Å². The molecule has 0 aromatic heterocycles. The maximum absolute atomic E-state index is 12.0. The van der Waals surface area contributed by atoms with E-state index in [9.17, 15) is 18.0 Å². The van der Waals surface area contributed by atoms with E-state index >= 15 is 0 Å². The van der Waals surface area contributed by atoms with Crippen LogP contribution in [0.4, 0.5) is 13.2 Å². The predicted molar refractivity (Wildman–Crippen MR) is 48.3 cm³/mol. The quantitative estimate of drug-likeness (QED) is 0.722. The second kappa shape index (κ2) is 4.49. The van der Waals surface area contributed by atoms with E-state index in [1.165, 1.54) is 0 Å². The van der Waals surface area contributed by atoms with Crippen molar-refractivity contribution >= 4 is 23.3 Å². The van der Waals surface area contributed by atoms with Crippen molar-refractivity contribution in [1.29, 1.82) is 0 Å². The van der Waals surface area contributed by atoms with Gasteiger partial charge in [0.15, 0.2) is 17.4 Å². The summed E-state index contributed by atoms with van der Waals surface area (Å²) in [5.41, 5.74) is -1.01. The Morgan fingerprint density at radius 1 is 1.14 bits per heavy atom. The van der Waals surface area contributed by atoms with Crippen molar-refractivity contribution < 1.29 is 23.1 Å². The third kappa shape index (κ3) is 3.05. The first kappa shape index (κ1) is 13.0. The minimum atomic E-state index is -4.42. The zero-order valence-electron chi connectivity index (χ0n) is 6.30. The number of carboxylic acid groups (broad SMARTS) is 1. The van der Waals surface area contributed by atoms with Crippen LogP contribution in [0.3, 0.4) is 0 Å². The molecule has 0 atom stereocenters. The molecule has 0 aliphatic heterocycles. The van der Waals surface area contributed by atoms with Gasteiger partial charge in [-0.05, 0) is 24.3 Å². The Morgan fingerprint density at radius 3 is 1.86 bits per heavy atom. The lowest BCUT2D eigenvalue weighted by Crippen LogP contribution is -2.05. The standard InChI is InChI=1S/C8H5F3O2.Al.3H/c9-8(10,11)6-3-1-5(2-4-6)7(12)13;;;;/h1-4H,(H,12,13);;;;. The van der Waals surface area contributed by atoms with Gasteiger partial charge in [-0.2, -0.15) is 13.2 Å². The molecule has 0 fully saturated rings. The molecule has 1 rings (SSSR count). The molecule has 14 heavy (non-hydrogen) atoms. The topological polar surface area (TPSA) is 37.3 Å². The van der Waals surface area contributed by atoms with Crippen molar-refractivity contribution in [2.75, 3.05) is 0 Å². The van der Waals surface area contributed by atoms with Gasteiger partial charge < -0.3 is 5.11 Å². The van der Waals surface area contributed by atoms with Crippen molar-refractivity contribution in [3.63, 3.8) is 0 Å². The first-order chi connectivity index (χ1) is 5.91. The van der Waals surface area contributed by atoms with E-state index in [1.54, 1.807) is 0 Å². The van der Waals surface area contributed by atoms with Crippen LogP contribution in [0, 0.1) is 0 Å². The lowest BCUT2D eigenvalue weighted by molar-refractivity contribution is -0.137. The van der Waals surface area contributed by atoms with Crippen molar-refractivity contribution in [2.24, 2.45) is 0 Å². The summed E-state index contributed by atoms with van der Waals surface area (Å²) in [5.74, 6) is -1.24. The van der Waals surface area contributed by atoms with E-state index in [0.29, 0.717) is 0 Å². The number of alkyl halides is 3. The molecule has 0 saturated carbocycles. The number of benzene rings is 1. The second-order valence-corrected chi connectivity index (χ2v) is 2.38. The molecular formula is C8H8AlF3O2. The number of carbonyl (C=O) groups is 1. The van der Waals surface area contributed by atoms with Gasteiger partial charge in [-0.1, -0.05) is 0 Å². The number of rotatable bonds is 1. The normalized spacial score (nSPS) is 10.5. The Hall–Kier alpha value is -0.988. The molecule has 1 N–H and O–H groups in total. The van der Waals surface area contributed by atoms with Gasteiger partial charge in [0.2, 0.25) is 0 Å². The average Bonchev–Trinajstić information content (AvgIpc) is 2.03. The highest BCUT2D eigenvalue weighted by atomic mass is 27.0. The van der Waals surface area contributed by atoms with Gasteiger partial charge in [-0.25, -0.2) is 4.79 Å². The van der Waals surface area contributed by atoms with Gasteiger partial charge in [0.1, 0.15) is 0 Å². The Bertz CT molecular complexity index is 318. The van der Waals surface area contributed by atoms with Crippen LogP contribution in [-0.4, -0.2) is 28.4 Å². The highest BCUT2D eigenvalue weighted by Crippen LogP contribution is 2.28. The van der Waals surface area contributed by atoms with Gasteiger partial charge >= 0.3 is 12.1 Å². The maximum atomic E-state index is 12.0. The summed E-state index contributed by atoms with van der Waals surface area (Å²) in [7, 11) is 0. The summed E-state index contributed by atoms with van der Waals surface area (Å²) >= 11 is 0. The smallest absolute Gasteiger partial charge is 0.416 e. The summed E-state index contributed by atoms with van der Waals surface area (Å²) in [6.07, 6.45) is -4.42. The minimum Gasteiger partial charge on any atom is -0.478 e. The van der Waals surface area contributed by atoms with E-state index in [-0.39, 0.29) is 22.9 Å². The molecule has 0 radical (unpaired) electrons. The van der Waals surface area contributed by atoms with Crippen LogP contribution in [0.1, 0.15) is 15.9 Å².